The first kappa shape index (κ1) is 10.2. The third-order valence-electron chi connectivity index (χ3n) is 1.69. The first-order valence-electron chi connectivity index (χ1n) is 4.04. The molecule has 1 N–H and O–H groups in total. The number of aldehydes is 1. The molecule has 4 nitrogen and oxygen atoms in total. The number of carbonyl (C=O) groups excluding carboxylic acids is 1. The van der Waals surface area contributed by atoms with Gasteiger partial charge in [0.25, 0.3) is 0 Å². The molecule has 1 rings (SSSR count). The molecule has 0 amide bonds. The second-order valence-electron chi connectivity index (χ2n) is 2.83. The molecule has 0 aliphatic carbocycles. The van der Waals surface area contributed by atoms with E-state index in [9.17, 15) is 9.59 Å². The smallest absolute Gasteiger partial charge is 0.341 e. The lowest BCUT2D eigenvalue weighted by Crippen LogP contribution is -2.10. The lowest BCUT2D eigenvalue weighted by atomic mass is 10.1. The van der Waals surface area contributed by atoms with Gasteiger partial charge in [-0.3, -0.25) is 4.79 Å². The summed E-state index contributed by atoms with van der Waals surface area (Å²) in [6.07, 6.45) is 0.730. The average Bonchev–Trinajstić information content (AvgIpc) is 2.15. The van der Waals surface area contributed by atoms with Crippen LogP contribution in [-0.2, 0) is 4.79 Å². The number of hydrogen-bond acceptors (Lipinski definition) is 3. The molecule has 0 aromatic heterocycles. The van der Waals surface area contributed by atoms with Gasteiger partial charge in [-0.1, -0.05) is 0 Å². The van der Waals surface area contributed by atoms with Gasteiger partial charge in [-0.05, 0) is 30.7 Å². The molecule has 0 unspecified atom stereocenters. The lowest BCUT2D eigenvalue weighted by molar-refractivity contribution is -0.139. The van der Waals surface area contributed by atoms with Crippen molar-refractivity contribution >= 4 is 12.3 Å². The standard InChI is InChI=1S/C10H10O4/c1-7-4-8(5-11)2-3-9(7)14-6-10(12)13/h2-5H,6H2,1H3,(H,12,13). The third kappa shape index (κ3) is 2.58. The molecule has 0 aliphatic rings. The number of rotatable bonds is 4. The zero-order valence-corrected chi connectivity index (χ0v) is 7.69. The molecular formula is C10H10O4. The van der Waals surface area contributed by atoms with Gasteiger partial charge >= 0.3 is 5.97 Å². The summed E-state index contributed by atoms with van der Waals surface area (Å²) in [5.41, 5.74) is 1.29. The molecule has 0 spiro atoms. The number of carboxylic acid groups (broad SMARTS) is 1. The van der Waals surface area contributed by atoms with E-state index in [0.29, 0.717) is 11.3 Å². The van der Waals surface area contributed by atoms with Crippen molar-refractivity contribution in [2.24, 2.45) is 0 Å². The van der Waals surface area contributed by atoms with Gasteiger partial charge in [0, 0.05) is 5.56 Å². The molecule has 0 aliphatic heterocycles. The monoisotopic (exact) mass is 194 g/mol. The van der Waals surface area contributed by atoms with Gasteiger partial charge in [0.2, 0.25) is 0 Å². The molecule has 74 valence electrons. The average molecular weight is 194 g/mol. The summed E-state index contributed by atoms with van der Waals surface area (Å²) in [6.45, 7) is 1.38. The zero-order chi connectivity index (χ0) is 10.6. The summed E-state index contributed by atoms with van der Waals surface area (Å²) in [5, 5.41) is 8.39. The molecular weight excluding hydrogens is 184 g/mol. The van der Waals surface area contributed by atoms with Crippen molar-refractivity contribution in [1.29, 1.82) is 0 Å². The van der Waals surface area contributed by atoms with E-state index in [-0.39, 0.29) is 6.61 Å². The number of hydrogen-bond donors (Lipinski definition) is 1. The van der Waals surface area contributed by atoms with Crippen LogP contribution in [0.4, 0.5) is 0 Å². The SMILES string of the molecule is Cc1cc(C=O)ccc1OCC(=O)O. The molecule has 14 heavy (non-hydrogen) atoms. The minimum absolute atomic E-state index is 0.374. The van der Waals surface area contributed by atoms with Crippen molar-refractivity contribution in [3.05, 3.63) is 29.3 Å². The minimum Gasteiger partial charge on any atom is -0.482 e. The van der Waals surface area contributed by atoms with E-state index in [1.54, 1.807) is 25.1 Å². The fourth-order valence-corrected chi connectivity index (χ4v) is 1.05. The Bertz CT molecular complexity index is 357. The highest BCUT2D eigenvalue weighted by molar-refractivity contribution is 5.75. The number of benzene rings is 1. The van der Waals surface area contributed by atoms with Gasteiger partial charge in [-0.15, -0.1) is 0 Å². The molecule has 0 radical (unpaired) electrons. The van der Waals surface area contributed by atoms with E-state index < -0.39 is 5.97 Å². The molecule has 4 heteroatoms. The zero-order valence-electron chi connectivity index (χ0n) is 7.69. The summed E-state index contributed by atoms with van der Waals surface area (Å²) in [7, 11) is 0. The molecule has 0 saturated carbocycles. The van der Waals surface area contributed by atoms with Gasteiger partial charge in [0.05, 0.1) is 0 Å². The van der Waals surface area contributed by atoms with Crippen molar-refractivity contribution in [2.45, 2.75) is 6.92 Å². The normalized spacial score (nSPS) is 9.50. The van der Waals surface area contributed by atoms with Crippen LogP contribution in [0.5, 0.6) is 5.75 Å². The molecule has 0 fully saturated rings. The van der Waals surface area contributed by atoms with Crippen LogP contribution >= 0.6 is 0 Å². The molecule has 0 heterocycles. The Morgan fingerprint density at radius 2 is 2.29 bits per heavy atom. The van der Waals surface area contributed by atoms with Gasteiger partial charge in [0.15, 0.2) is 6.61 Å². The van der Waals surface area contributed by atoms with Crippen LogP contribution in [0.1, 0.15) is 15.9 Å². The fraction of sp³-hybridized carbons (Fsp3) is 0.200. The number of carboxylic acids is 1. The van der Waals surface area contributed by atoms with Crippen molar-refractivity contribution in [2.75, 3.05) is 6.61 Å². The summed E-state index contributed by atoms with van der Waals surface area (Å²) >= 11 is 0. The van der Waals surface area contributed by atoms with Crippen LogP contribution in [0.15, 0.2) is 18.2 Å². The molecule has 1 aromatic carbocycles. The maximum Gasteiger partial charge on any atom is 0.341 e. The number of aryl methyl sites for hydroxylation is 1. The predicted molar refractivity (Wildman–Crippen MR) is 49.7 cm³/mol. The van der Waals surface area contributed by atoms with Crippen LogP contribution in [0.3, 0.4) is 0 Å². The highest BCUT2D eigenvalue weighted by atomic mass is 16.5. The quantitative estimate of drug-likeness (QED) is 0.733. The van der Waals surface area contributed by atoms with E-state index >= 15 is 0 Å². The Labute approximate surface area is 81.1 Å². The summed E-state index contributed by atoms with van der Waals surface area (Å²) in [4.78, 5) is 20.6. The summed E-state index contributed by atoms with van der Waals surface area (Å²) < 4.78 is 4.98. The van der Waals surface area contributed by atoms with E-state index in [1.807, 2.05) is 0 Å². The summed E-state index contributed by atoms with van der Waals surface area (Å²) in [6, 6.07) is 4.81. The Kier molecular flexibility index (Phi) is 3.23. The van der Waals surface area contributed by atoms with Crippen LogP contribution in [0.2, 0.25) is 0 Å². The van der Waals surface area contributed by atoms with Crippen LogP contribution < -0.4 is 4.74 Å². The van der Waals surface area contributed by atoms with Gasteiger partial charge in [-0.25, -0.2) is 4.79 Å². The summed E-state index contributed by atoms with van der Waals surface area (Å²) in [5.74, 6) is -0.540. The Balaban J connectivity index is 2.78. The Hall–Kier alpha value is -1.84. The number of ether oxygens (including phenoxy) is 1. The van der Waals surface area contributed by atoms with Crippen LogP contribution in [0.25, 0.3) is 0 Å². The minimum atomic E-state index is -1.02. The number of aliphatic carboxylic acids is 1. The molecule has 0 atom stereocenters. The molecule has 1 aromatic rings. The first-order chi connectivity index (χ1) is 6.63. The van der Waals surface area contributed by atoms with Crippen LogP contribution in [-0.4, -0.2) is 24.0 Å². The van der Waals surface area contributed by atoms with E-state index in [1.165, 1.54) is 0 Å². The van der Waals surface area contributed by atoms with Crippen molar-refractivity contribution in [3.63, 3.8) is 0 Å². The van der Waals surface area contributed by atoms with Crippen molar-refractivity contribution in [3.8, 4) is 5.75 Å². The number of carbonyl (C=O) groups is 2. The van der Waals surface area contributed by atoms with Crippen molar-refractivity contribution < 1.29 is 19.4 Å². The third-order valence-corrected chi connectivity index (χ3v) is 1.69. The van der Waals surface area contributed by atoms with Gasteiger partial charge in [-0.2, -0.15) is 0 Å². The highest BCUT2D eigenvalue weighted by Gasteiger charge is 2.03. The Morgan fingerprint density at radius 1 is 1.57 bits per heavy atom. The maximum atomic E-state index is 10.4. The van der Waals surface area contributed by atoms with Gasteiger partial charge in [0.1, 0.15) is 12.0 Å². The Morgan fingerprint density at radius 3 is 2.79 bits per heavy atom. The van der Waals surface area contributed by atoms with E-state index in [4.69, 9.17) is 9.84 Å². The van der Waals surface area contributed by atoms with E-state index in [2.05, 4.69) is 0 Å². The van der Waals surface area contributed by atoms with E-state index in [0.717, 1.165) is 11.8 Å². The first-order valence-corrected chi connectivity index (χ1v) is 4.04. The van der Waals surface area contributed by atoms with Crippen LogP contribution in [0, 0.1) is 6.92 Å². The lowest BCUT2D eigenvalue weighted by Gasteiger charge is -2.06. The fourth-order valence-electron chi connectivity index (χ4n) is 1.05. The second kappa shape index (κ2) is 4.41. The molecule has 0 bridgehead atoms. The maximum absolute atomic E-state index is 10.4. The predicted octanol–water partition coefficient (Wildman–Crippen LogP) is 1.27. The second-order valence-corrected chi connectivity index (χ2v) is 2.83. The highest BCUT2D eigenvalue weighted by Crippen LogP contribution is 2.18. The topological polar surface area (TPSA) is 63.6 Å². The molecule has 0 saturated heterocycles. The van der Waals surface area contributed by atoms with Crippen molar-refractivity contribution in [1.82, 2.24) is 0 Å². The largest absolute Gasteiger partial charge is 0.482 e. The van der Waals surface area contributed by atoms with Gasteiger partial charge < -0.3 is 9.84 Å².